The summed E-state index contributed by atoms with van der Waals surface area (Å²) in [6.07, 6.45) is 2.05. The molecule has 126 valence electrons. The summed E-state index contributed by atoms with van der Waals surface area (Å²) in [6, 6.07) is 5.56. The lowest BCUT2D eigenvalue weighted by Gasteiger charge is -2.19. The van der Waals surface area contributed by atoms with Gasteiger partial charge in [-0.05, 0) is 31.5 Å². The lowest BCUT2D eigenvalue weighted by Crippen LogP contribution is -2.19. The van der Waals surface area contributed by atoms with E-state index in [2.05, 4.69) is 6.92 Å². The van der Waals surface area contributed by atoms with Gasteiger partial charge in [-0.25, -0.2) is 4.79 Å². The highest BCUT2D eigenvalue weighted by atomic mass is 32.2. The first-order valence-electron chi connectivity index (χ1n) is 7.82. The molecule has 2 aromatic rings. The van der Waals surface area contributed by atoms with Crippen LogP contribution >= 0.6 is 11.8 Å². The number of ether oxygens (including phenoxy) is 1. The number of carbonyl (C=O) groups is 1. The molecule has 0 bridgehead atoms. The van der Waals surface area contributed by atoms with Crippen molar-refractivity contribution in [3.63, 3.8) is 0 Å². The van der Waals surface area contributed by atoms with Crippen molar-refractivity contribution in [2.24, 2.45) is 0 Å². The fourth-order valence-electron chi connectivity index (χ4n) is 2.61. The van der Waals surface area contributed by atoms with E-state index in [4.69, 9.17) is 9.15 Å². The second-order valence-corrected chi connectivity index (χ2v) is 6.66. The zero-order valence-corrected chi connectivity index (χ0v) is 14.4. The van der Waals surface area contributed by atoms with E-state index in [1.54, 1.807) is 0 Å². The van der Waals surface area contributed by atoms with Gasteiger partial charge in [0.05, 0.1) is 12.2 Å². The second kappa shape index (κ2) is 6.73. The molecule has 1 N–H and O–H groups in total. The van der Waals surface area contributed by atoms with Gasteiger partial charge < -0.3 is 14.3 Å². The van der Waals surface area contributed by atoms with Crippen molar-refractivity contribution in [2.45, 2.75) is 37.3 Å². The Balaban J connectivity index is 2.05. The first kappa shape index (κ1) is 16.6. The minimum atomic E-state index is -1.23. The highest BCUT2D eigenvalue weighted by Gasteiger charge is 2.26. The molecule has 0 radical (unpaired) electrons. The Labute approximate surface area is 143 Å². The van der Waals surface area contributed by atoms with Crippen molar-refractivity contribution >= 4 is 17.7 Å². The maximum absolute atomic E-state index is 12.4. The number of benzene rings is 1. The molecule has 24 heavy (non-hydrogen) atoms. The number of unbranched alkanes of at least 4 members (excludes halogenated alkanes) is 1. The van der Waals surface area contributed by atoms with Crippen LogP contribution in [0.3, 0.4) is 0 Å². The molecule has 1 aliphatic heterocycles. The number of rotatable bonds is 5. The molecular formula is C18H18O5S. The molecule has 0 spiro atoms. The van der Waals surface area contributed by atoms with Gasteiger partial charge in [0.2, 0.25) is 5.76 Å². The van der Waals surface area contributed by atoms with Gasteiger partial charge in [-0.1, -0.05) is 13.3 Å². The molecule has 1 aromatic carbocycles. The van der Waals surface area contributed by atoms with Crippen LogP contribution in [0.4, 0.5) is 0 Å². The third-order valence-electron chi connectivity index (χ3n) is 3.96. The Morgan fingerprint density at radius 2 is 2.21 bits per heavy atom. The summed E-state index contributed by atoms with van der Waals surface area (Å²) in [5.41, 5.74) is 1.15. The minimum Gasteiger partial charge on any atom is -0.494 e. The van der Waals surface area contributed by atoms with Gasteiger partial charge in [0.15, 0.2) is 5.43 Å². The van der Waals surface area contributed by atoms with Crippen LogP contribution in [-0.2, 0) is 5.75 Å². The molecule has 0 aliphatic carbocycles. The minimum absolute atomic E-state index is 0.143. The number of hydrogen-bond acceptors (Lipinski definition) is 5. The SMILES string of the molecule is CCCCOc1ccc2c(c1)SCc1c-2oc(C(=O)O)c(C)c1=O. The number of hydrogen-bond donors (Lipinski definition) is 1. The fraction of sp³-hybridized carbons (Fsp3) is 0.333. The summed E-state index contributed by atoms with van der Waals surface area (Å²) < 4.78 is 11.3. The third kappa shape index (κ3) is 2.94. The summed E-state index contributed by atoms with van der Waals surface area (Å²) >= 11 is 1.53. The van der Waals surface area contributed by atoms with Crippen molar-refractivity contribution in [2.75, 3.05) is 6.61 Å². The van der Waals surface area contributed by atoms with Gasteiger partial charge in [-0.15, -0.1) is 11.8 Å². The van der Waals surface area contributed by atoms with E-state index < -0.39 is 5.97 Å². The first-order chi connectivity index (χ1) is 11.5. The molecule has 1 aromatic heterocycles. The van der Waals surface area contributed by atoms with Crippen LogP contribution in [-0.4, -0.2) is 17.7 Å². The number of carboxylic acids is 1. The molecule has 1 aliphatic rings. The predicted octanol–water partition coefficient (Wildman–Crippen LogP) is 4.10. The monoisotopic (exact) mass is 346 g/mol. The fourth-order valence-corrected chi connectivity index (χ4v) is 3.69. The Bertz CT molecular complexity index is 853. The average molecular weight is 346 g/mol. The smallest absolute Gasteiger partial charge is 0.372 e. The number of thioether (sulfide) groups is 1. The standard InChI is InChI=1S/C18H18O5S/c1-3-4-7-22-11-5-6-12-14(8-11)24-9-13-15(19)10(2)16(18(20)21)23-17(12)13/h5-6,8H,3-4,7,9H2,1-2H3,(H,20,21). The first-order valence-corrected chi connectivity index (χ1v) is 8.81. The molecule has 3 rings (SSSR count). The lowest BCUT2D eigenvalue weighted by atomic mass is 10.0. The summed E-state index contributed by atoms with van der Waals surface area (Å²) in [6.45, 7) is 4.25. The van der Waals surface area contributed by atoms with Crippen LogP contribution < -0.4 is 10.2 Å². The van der Waals surface area contributed by atoms with E-state index in [-0.39, 0.29) is 16.8 Å². The normalized spacial score (nSPS) is 12.4. The largest absolute Gasteiger partial charge is 0.494 e. The molecular weight excluding hydrogens is 328 g/mol. The van der Waals surface area contributed by atoms with Crippen molar-refractivity contribution in [3.8, 4) is 17.1 Å². The average Bonchev–Trinajstić information content (AvgIpc) is 2.57. The van der Waals surface area contributed by atoms with E-state index in [0.29, 0.717) is 23.7 Å². The molecule has 0 unspecified atom stereocenters. The van der Waals surface area contributed by atoms with Crippen molar-refractivity contribution in [1.82, 2.24) is 0 Å². The van der Waals surface area contributed by atoms with Crippen LogP contribution in [0.1, 0.15) is 41.4 Å². The molecule has 0 amide bonds. The second-order valence-electron chi connectivity index (χ2n) is 5.65. The molecule has 0 saturated carbocycles. The Hall–Kier alpha value is -2.21. The Morgan fingerprint density at radius 3 is 2.92 bits per heavy atom. The topological polar surface area (TPSA) is 76.7 Å². The molecule has 5 nitrogen and oxygen atoms in total. The molecule has 2 heterocycles. The highest BCUT2D eigenvalue weighted by Crippen LogP contribution is 2.42. The number of aromatic carboxylic acids is 1. The quantitative estimate of drug-likeness (QED) is 0.822. The number of fused-ring (bicyclic) bond motifs is 3. The predicted molar refractivity (Wildman–Crippen MR) is 92.1 cm³/mol. The van der Waals surface area contributed by atoms with Gasteiger partial charge in [0.25, 0.3) is 0 Å². The lowest BCUT2D eigenvalue weighted by molar-refractivity contribution is 0.0659. The van der Waals surface area contributed by atoms with Crippen molar-refractivity contribution < 1.29 is 19.1 Å². The van der Waals surface area contributed by atoms with Gasteiger partial charge in [-0.2, -0.15) is 0 Å². The molecule has 6 heteroatoms. The van der Waals surface area contributed by atoms with E-state index in [9.17, 15) is 14.7 Å². The van der Waals surface area contributed by atoms with E-state index in [0.717, 1.165) is 29.1 Å². The van der Waals surface area contributed by atoms with Crippen molar-refractivity contribution in [1.29, 1.82) is 0 Å². The van der Waals surface area contributed by atoms with E-state index in [1.165, 1.54) is 18.7 Å². The van der Waals surface area contributed by atoms with Gasteiger partial charge in [0.1, 0.15) is 11.5 Å². The van der Waals surface area contributed by atoms with Gasteiger partial charge in [0, 0.05) is 21.8 Å². The Morgan fingerprint density at radius 1 is 1.42 bits per heavy atom. The van der Waals surface area contributed by atoms with Crippen LogP contribution in [0.5, 0.6) is 5.75 Å². The van der Waals surface area contributed by atoms with Crippen LogP contribution in [0.25, 0.3) is 11.3 Å². The third-order valence-corrected chi connectivity index (χ3v) is 5.05. The summed E-state index contributed by atoms with van der Waals surface area (Å²) in [5.74, 6) is 0.0681. The van der Waals surface area contributed by atoms with E-state index >= 15 is 0 Å². The maximum atomic E-state index is 12.4. The number of carboxylic acid groups (broad SMARTS) is 1. The maximum Gasteiger partial charge on any atom is 0.372 e. The van der Waals surface area contributed by atoms with Crippen LogP contribution in [0, 0.1) is 6.92 Å². The van der Waals surface area contributed by atoms with Gasteiger partial charge in [-0.3, -0.25) is 4.79 Å². The summed E-state index contributed by atoms with van der Waals surface area (Å²) in [5, 5.41) is 9.25. The molecule has 0 saturated heterocycles. The van der Waals surface area contributed by atoms with Crippen molar-refractivity contribution in [3.05, 3.63) is 45.3 Å². The Kier molecular flexibility index (Phi) is 4.66. The van der Waals surface area contributed by atoms with E-state index in [1.807, 2.05) is 18.2 Å². The van der Waals surface area contributed by atoms with Crippen LogP contribution in [0.15, 0.2) is 32.3 Å². The molecule has 0 fully saturated rings. The van der Waals surface area contributed by atoms with Crippen LogP contribution in [0.2, 0.25) is 0 Å². The highest BCUT2D eigenvalue weighted by molar-refractivity contribution is 7.98. The summed E-state index contributed by atoms with van der Waals surface area (Å²) in [4.78, 5) is 24.7. The summed E-state index contributed by atoms with van der Waals surface area (Å²) in [7, 11) is 0. The molecule has 0 atom stereocenters. The zero-order valence-electron chi connectivity index (χ0n) is 13.5. The van der Waals surface area contributed by atoms with Gasteiger partial charge >= 0.3 is 5.97 Å². The zero-order chi connectivity index (χ0) is 17.3.